The van der Waals surface area contributed by atoms with Gasteiger partial charge in [-0.1, -0.05) is 12.1 Å². The molecule has 1 aliphatic rings. The van der Waals surface area contributed by atoms with E-state index in [1.807, 2.05) is 4.72 Å². The standard InChI is InChI=1S/C19H17F3N4O4S2/c20-13-3-1-11(2-4-13)17-18(29-6-5-23-17)30-9-12-7-15(22)16(8-14(12)21)32(27,28)26-19-24-10-25-31-19/h1-4,7-8,10,17-18,23H,5-6,9H2,(H,24,25,26)/t17-,18-/m1/s1. The molecule has 0 saturated carbocycles. The van der Waals surface area contributed by atoms with E-state index in [9.17, 15) is 21.6 Å². The molecule has 2 atom stereocenters. The molecule has 0 unspecified atom stereocenters. The molecule has 1 aliphatic heterocycles. The molecule has 0 spiro atoms. The van der Waals surface area contributed by atoms with Crippen molar-refractivity contribution in [3.05, 3.63) is 71.3 Å². The van der Waals surface area contributed by atoms with E-state index in [1.165, 1.54) is 12.1 Å². The minimum Gasteiger partial charge on any atom is -0.349 e. The lowest BCUT2D eigenvalue weighted by Crippen LogP contribution is -2.43. The molecule has 1 fully saturated rings. The molecule has 1 saturated heterocycles. The predicted molar refractivity (Wildman–Crippen MR) is 109 cm³/mol. The van der Waals surface area contributed by atoms with Gasteiger partial charge >= 0.3 is 0 Å². The Bertz CT molecular complexity index is 1180. The maximum Gasteiger partial charge on any atom is 0.266 e. The zero-order valence-electron chi connectivity index (χ0n) is 16.3. The van der Waals surface area contributed by atoms with E-state index in [2.05, 4.69) is 14.7 Å². The molecule has 2 aromatic carbocycles. The van der Waals surface area contributed by atoms with Gasteiger partial charge in [-0.3, -0.25) is 4.72 Å². The highest BCUT2D eigenvalue weighted by Crippen LogP contribution is 2.26. The van der Waals surface area contributed by atoms with Crippen molar-refractivity contribution >= 4 is 26.7 Å². The summed E-state index contributed by atoms with van der Waals surface area (Å²) >= 11 is 0.752. The van der Waals surface area contributed by atoms with Crippen molar-refractivity contribution in [1.82, 2.24) is 14.7 Å². The maximum absolute atomic E-state index is 14.6. The summed E-state index contributed by atoms with van der Waals surface area (Å²) in [6.45, 7) is 0.476. The Balaban J connectivity index is 1.49. The van der Waals surface area contributed by atoms with Crippen molar-refractivity contribution in [3.8, 4) is 0 Å². The van der Waals surface area contributed by atoms with Crippen molar-refractivity contribution in [3.63, 3.8) is 0 Å². The molecule has 3 aromatic rings. The fraction of sp³-hybridized carbons (Fsp3) is 0.263. The molecule has 0 bridgehead atoms. The minimum atomic E-state index is -4.40. The molecule has 13 heteroatoms. The normalized spacial score (nSPS) is 19.1. The van der Waals surface area contributed by atoms with Crippen LogP contribution in [0.5, 0.6) is 0 Å². The van der Waals surface area contributed by atoms with E-state index in [1.54, 1.807) is 12.1 Å². The van der Waals surface area contributed by atoms with Gasteiger partial charge in [0.1, 0.15) is 28.7 Å². The molecule has 0 aliphatic carbocycles. The smallest absolute Gasteiger partial charge is 0.266 e. The molecule has 1 aromatic heterocycles. The van der Waals surface area contributed by atoms with Crippen LogP contribution in [0.1, 0.15) is 17.2 Å². The van der Waals surface area contributed by atoms with E-state index >= 15 is 0 Å². The molecule has 2 heterocycles. The lowest BCUT2D eigenvalue weighted by atomic mass is 10.1. The van der Waals surface area contributed by atoms with Gasteiger partial charge in [-0.25, -0.2) is 26.6 Å². The third-order valence-electron chi connectivity index (χ3n) is 4.63. The van der Waals surface area contributed by atoms with Crippen molar-refractivity contribution in [1.29, 1.82) is 0 Å². The Morgan fingerprint density at radius 3 is 2.69 bits per heavy atom. The number of nitrogens with zero attached hydrogens (tertiary/aromatic N) is 2. The third kappa shape index (κ3) is 5.07. The number of aromatic nitrogens is 2. The van der Waals surface area contributed by atoms with Crippen molar-refractivity contribution in [2.24, 2.45) is 0 Å². The van der Waals surface area contributed by atoms with Gasteiger partial charge in [0.15, 0.2) is 6.29 Å². The fourth-order valence-electron chi connectivity index (χ4n) is 3.12. The number of anilines is 1. The molecule has 4 rings (SSSR count). The van der Waals surface area contributed by atoms with Crippen LogP contribution in [0.3, 0.4) is 0 Å². The van der Waals surface area contributed by atoms with Crippen LogP contribution in [0.4, 0.5) is 18.3 Å². The molecular formula is C19H17F3N4O4S2. The molecule has 2 N–H and O–H groups in total. The first kappa shape index (κ1) is 22.6. The Kier molecular flexibility index (Phi) is 6.71. The summed E-state index contributed by atoms with van der Waals surface area (Å²) in [5, 5.41) is 3.10. The van der Waals surface area contributed by atoms with Gasteiger partial charge < -0.3 is 14.8 Å². The summed E-state index contributed by atoms with van der Waals surface area (Å²) in [6.07, 6.45) is 0.278. The summed E-state index contributed by atoms with van der Waals surface area (Å²) in [5.41, 5.74) is 0.510. The minimum absolute atomic E-state index is 0.0778. The van der Waals surface area contributed by atoms with Crippen LogP contribution >= 0.6 is 11.5 Å². The summed E-state index contributed by atoms with van der Waals surface area (Å²) in [4.78, 5) is 2.79. The molecule has 8 nitrogen and oxygen atoms in total. The Morgan fingerprint density at radius 2 is 1.97 bits per heavy atom. The summed E-state index contributed by atoms with van der Waals surface area (Å²) < 4.78 is 84.0. The largest absolute Gasteiger partial charge is 0.349 e. The second-order valence-electron chi connectivity index (χ2n) is 6.76. The summed E-state index contributed by atoms with van der Waals surface area (Å²) in [5.74, 6) is -2.51. The maximum atomic E-state index is 14.6. The van der Waals surface area contributed by atoms with Crippen LogP contribution < -0.4 is 10.0 Å². The zero-order valence-corrected chi connectivity index (χ0v) is 17.9. The molecule has 170 valence electrons. The van der Waals surface area contributed by atoms with Gasteiger partial charge in [0, 0.05) is 23.6 Å². The quantitative estimate of drug-likeness (QED) is 0.529. The number of hydrogen-bond donors (Lipinski definition) is 2. The van der Waals surface area contributed by atoms with Crippen molar-refractivity contribution in [2.75, 3.05) is 17.9 Å². The monoisotopic (exact) mass is 486 g/mol. The average molecular weight is 486 g/mol. The third-order valence-corrected chi connectivity index (χ3v) is 6.69. The molecule has 0 radical (unpaired) electrons. The second kappa shape index (κ2) is 9.50. The van der Waals surface area contributed by atoms with Crippen molar-refractivity contribution in [2.45, 2.75) is 23.8 Å². The van der Waals surface area contributed by atoms with Gasteiger partial charge in [-0.15, -0.1) is 0 Å². The predicted octanol–water partition coefficient (Wildman–Crippen LogP) is 2.96. The van der Waals surface area contributed by atoms with Crippen LogP contribution in [0.2, 0.25) is 0 Å². The zero-order chi connectivity index (χ0) is 22.7. The van der Waals surface area contributed by atoms with E-state index in [-0.39, 0.29) is 17.3 Å². The van der Waals surface area contributed by atoms with Crippen LogP contribution in [0.15, 0.2) is 47.6 Å². The summed E-state index contributed by atoms with van der Waals surface area (Å²) in [6, 6.07) is 6.63. The highest BCUT2D eigenvalue weighted by Gasteiger charge is 2.29. The Morgan fingerprint density at radius 1 is 1.19 bits per heavy atom. The Labute approximate surface area is 185 Å². The van der Waals surface area contributed by atoms with Gasteiger partial charge in [-0.05, 0) is 29.8 Å². The number of sulfonamides is 1. The van der Waals surface area contributed by atoms with Crippen LogP contribution in [-0.4, -0.2) is 37.2 Å². The Hall–Kier alpha value is -2.58. The number of ether oxygens (including phenoxy) is 2. The number of hydrogen-bond acceptors (Lipinski definition) is 8. The lowest BCUT2D eigenvalue weighted by Gasteiger charge is -2.33. The lowest BCUT2D eigenvalue weighted by molar-refractivity contribution is -0.184. The van der Waals surface area contributed by atoms with E-state index in [4.69, 9.17) is 9.47 Å². The van der Waals surface area contributed by atoms with Crippen LogP contribution in [-0.2, 0) is 26.1 Å². The average Bonchev–Trinajstić information content (AvgIpc) is 3.27. The number of rotatable bonds is 7. The fourth-order valence-corrected chi connectivity index (χ4v) is 4.85. The first-order valence-corrected chi connectivity index (χ1v) is 11.6. The second-order valence-corrected chi connectivity index (χ2v) is 9.19. The van der Waals surface area contributed by atoms with Crippen LogP contribution in [0.25, 0.3) is 0 Å². The molecule has 32 heavy (non-hydrogen) atoms. The van der Waals surface area contributed by atoms with Gasteiger partial charge in [0.05, 0.1) is 19.3 Å². The van der Waals surface area contributed by atoms with Crippen molar-refractivity contribution < 1.29 is 31.1 Å². The number of nitrogens with one attached hydrogen (secondary N) is 2. The SMILES string of the molecule is O=S(=O)(Nc1ncns1)c1cc(F)c(CO[C@H]2OCCN[C@@H]2c2ccc(F)cc2)cc1F. The van der Waals surface area contributed by atoms with Gasteiger partial charge in [-0.2, -0.15) is 4.37 Å². The highest BCUT2D eigenvalue weighted by molar-refractivity contribution is 7.93. The van der Waals surface area contributed by atoms with E-state index < -0.39 is 44.7 Å². The van der Waals surface area contributed by atoms with Gasteiger partial charge in [0.25, 0.3) is 10.0 Å². The van der Waals surface area contributed by atoms with Crippen LogP contribution in [0, 0.1) is 17.5 Å². The number of morpholine rings is 1. The van der Waals surface area contributed by atoms with Gasteiger partial charge in [0.2, 0.25) is 5.13 Å². The van der Waals surface area contributed by atoms with E-state index in [0.717, 1.165) is 23.9 Å². The molecular weight excluding hydrogens is 469 g/mol. The first-order chi connectivity index (χ1) is 15.3. The number of halogens is 3. The first-order valence-electron chi connectivity index (χ1n) is 9.33. The van der Waals surface area contributed by atoms with E-state index in [0.29, 0.717) is 24.8 Å². The molecule has 0 amide bonds. The number of benzene rings is 2. The highest BCUT2D eigenvalue weighted by atomic mass is 32.2. The topological polar surface area (TPSA) is 102 Å². The summed E-state index contributed by atoms with van der Waals surface area (Å²) in [7, 11) is -4.40.